The first-order valence-corrected chi connectivity index (χ1v) is 21.1. The van der Waals surface area contributed by atoms with Gasteiger partial charge in [-0.05, 0) is 104 Å². The third-order valence-electron chi connectivity index (χ3n) is 9.78. The van der Waals surface area contributed by atoms with Crippen LogP contribution in [0.1, 0.15) is 52.7 Å². The first kappa shape index (κ1) is 39.4. The highest BCUT2D eigenvalue weighted by Gasteiger charge is 2.21. The molecule has 0 aliphatic heterocycles. The van der Waals surface area contributed by atoms with Crippen LogP contribution < -0.4 is 0 Å². The second kappa shape index (κ2) is 16.7. The van der Waals surface area contributed by atoms with Crippen LogP contribution in [0.25, 0.3) is 56.4 Å². The fraction of sp³-hybridized carbons (Fsp3) is 0.160. The Balaban J connectivity index is 0.000000172. The highest BCUT2D eigenvalue weighted by atomic mass is 127. The fourth-order valence-electron chi connectivity index (χ4n) is 6.55. The quantitative estimate of drug-likeness (QED) is 0.156. The van der Waals surface area contributed by atoms with Gasteiger partial charge in [0, 0.05) is 29.4 Å². The van der Waals surface area contributed by atoms with Gasteiger partial charge < -0.3 is 0 Å². The Bertz CT molecular complexity index is 2540. The van der Waals surface area contributed by atoms with Gasteiger partial charge in [0.2, 0.25) is 0 Å². The van der Waals surface area contributed by atoms with Crippen LogP contribution in [0.2, 0.25) is 0 Å². The number of benzene rings is 6. The molecule has 0 saturated heterocycles. The van der Waals surface area contributed by atoms with E-state index in [-0.39, 0.29) is 10.8 Å². The minimum Gasteiger partial charge on any atom is -0.231 e. The summed E-state index contributed by atoms with van der Waals surface area (Å²) >= 11 is 4.84. The highest BCUT2D eigenvalue weighted by molar-refractivity contribution is 14.1. The predicted molar refractivity (Wildman–Crippen MR) is 252 cm³/mol. The second-order valence-electron chi connectivity index (χ2n) is 15.9. The van der Waals surface area contributed by atoms with E-state index >= 15 is 0 Å². The number of nitrogens with zero attached hydrogens (tertiary/aromatic N) is 4. The Hall–Kier alpha value is -4.80. The fourth-order valence-corrected chi connectivity index (χ4v) is 7.85. The van der Waals surface area contributed by atoms with Crippen molar-refractivity contribution >= 4 is 45.2 Å². The summed E-state index contributed by atoms with van der Waals surface area (Å²) in [5, 5.41) is 10.0. The van der Waals surface area contributed by atoms with Gasteiger partial charge in [-0.15, -0.1) is 0 Å². The second-order valence-corrected chi connectivity index (χ2v) is 18.3. The summed E-state index contributed by atoms with van der Waals surface area (Å²) in [6.45, 7) is 13.5. The van der Waals surface area contributed by atoms with Crippen LogP contribution in [0.15, 0.2) is 170 Å². The molecular formula is C50H46I2N4. The standard InChI is InChI=1S/2C25H23IN2/c1-25(2,3)20-14-15-23(21(26)16-20)28-24(19-12-8-5-9-13-19)17-22(27-28)18-10-6-4-7-11-18;1-25(2,3)20-14-15-21(26)24(16-20)28-23(19-12-8-5-9-13-19)17-22(27-28)18-10-6-4-7-11-18/h2*4-17H,1-3H3. The molecule has 2 heterocycles. The van der Waals surface area contributed by atoms with E-state index in [0.717, 1.165) is 56.4 Å². The van der Waals surface area contributed by atoms with Crippen molar-refractivity contribution < 1.29 is 0 Å². The first-order valence-electron chi connectivity index (χ1n) is 18.9. The molecule has 0 aliphatic rings. The minimum absolute atomic E-state index is 0.0847. The topological polar surface area (TPSA) is 35.6 Å². The van der Waals surface area contributed by atoms with Crippen molar-refractivity contribution in [3.63, 3.8) is 0 Å². The predicted octanol–water partition coefficient (Wildman–Crippen LogP) is 14.2. The van der Waals surface area contributed by atoms with Crippen LogP contribution in [0.3, 0.4) is 0 Å². The summed E-state index contributed by atoms with van der Waals surface area (Å²) in [6, 6.07) is 59.4. The summed E-state index contributed by atoms with van der Waals surface area (Å²) in [5.41, 5.74) is 13.8. The SMILES string of the molecule is CC(C)(C)c1ccc(-n2nc(-c3ccccc3)cc2-c2ccccc2)c(I)c1.CC(C)(C)c1ccc(I)c(-n2nc(-c3ccccc3)cc2-c2ccccc2)c1. The molecule has 6 aromatic carbocycles. The van der Waals surface area contributed by atoms with Crippen LogP contribution in [-0.4, -0.2) is 19.6 Å². The zero-order chi connectivity index (χ0) is 39.5. The Morgan fingerprint density at radius 1 is 0.375 bits per heavy atom. The first-order chi connectivity index (χ1) is 26.9. The molecule has 0 aliphatic carbocycles. The number of halogens is 2. The number of hydrogen-bond donors (Lipinski definition) is 0. The lowest BCUT2D eigenvalue weighted by Gasteiger charge is -2.21. The van der Waals surface area contributed by atoms with Gasteiger partial charge in [0.15, 0.2) is 0 Å². The van der Waals surface area contributed by atoms with Crippen molar-refractivity contribution in [2.45, 2.75) is 52.4 Å². The highest BCUT2D eigenvalue weighted by Crippen LogP contribution is 2.34. The number of hydrogen-bond acceptors (Lipinski definition) is 2. The summed E-state index contributed by atoms with van der Waals surface area (Å²) in [5.74, 6) is 0. The van der Waals surface area contributed by atoms with Gasteiger partial charge in [-0.25, -0.2) is 9.36 Å². The van der Waals surface area contributed by atoms with Crippen molar-refractivity contribution in [3.05, 3.63) is 188 Å². The van der Waals surface area contributed by atoms with E-state index in [9.17, 15) is 0 Å². The summed E-state index contributed by atoms with van der Waals surface area (Å²) in [6.07, 6.45) is 0. The molecule has 2 aromatic heterocycles. The van der Waals surface area contributed by atoms with Crippen molar-refractivity contribution in [1.29, 1.82) is 0 Å². The van der Waals surface area contributed by atoms with Crippen LogP contribution in [0.4, 0.5) is 0 Å². The molecule has 0 spiro atoms. The van der Waals surface area contributed by atoms with Crippen molar-refractivity contribution in [2.24, 2.45) is 0 Å². The van der Waals surface area contributed by atoms with E-state index in [2.05, 4.69) is 242 Å². The average molecular weight is 957 g/mol. The van der Waals surface area contributed by atoms with E-state index in [1.54, 1.807) is 0 Å². The van der Waals surface area contributed by atoms with Crippen molar-refractivity contribution in [2.75, 3.05) is 0 Å². The average Bonchev–Trinajstić information content (AvgIpc) is 3.85. The molecule has 4 nitrogen and oxygen atoms in total. The molecule has 280 valence electrons. The maximum absolute atomic E-state index is 5.02. The van der Waals surface area contributed by atoms with Crippen molar-refractivity contribution in [1.82, 2.24) is 19.6 Å². The van der Waals surface area contributed by atoms with Gasteiger partial charge in [-0.3, -0.25) is 0 Å². The molecule has 0 saturated carbocycles. The van der Waals surface area contributed by atoms with Gasteiger partial charge in [0.05, 0.1) is 34.2 Å². The molecule has 0 bridgehead atoms. The maximum atomic E-state index is 5.02. The molecule has 0 N–H and O–H groups in total. The lowest BCUT2D eigenvalue weighted by atomic mass is 9.87. The molecule has 6 heteroatoms. The van der Waals surface area contributed by atoms with Crippen LogP contribution >= 0.6 is 45.2 Å². The molecule has 8 aromatic rings. The largest absolute Gasteiger partial charge is 0.231 e. The molecule has 56 heavy (non-hydrogen) atoms. The van der Waals surface area contributed by atoms with E-state index in [0.29, 0.717) is 0 Å². The van der Waals surface area contributed by atoms with Gasteiger partial charge in [0.1, 0.15) is 0 Å². The lowest BCUT2D eigenvalue weighted by Crippen LogP contribution is -2.13. The van der Waals surface area contributed by atoms with E-state index in [1.165, 1.54) is 18.3 Å². The summed E-state index contributed by atoms with van der Waals surface area (Å²) in [4.78, 5) is 0. The van der Waals surface area contributed by atoms with Gasteiger partial charge in [-0.2, -0.15) is 10.2 Å². The Morgan fingerprint density at radius 3 is 1.16 bits per heavy atom. The molecule has 0 amide bonds. The maximum Gasteiger partial charge on any atom is 0.0934 e. The Morgan fingerprint density at radius 2 is 0.750 bits per heavy atom. The molecule has 0 unspecified atom stereocenters. The Kier molecular flexibility index (Phi) is 11.8. The summed E-state index contributed by atoms with van der Waals surface area (Å²) in [7, 11) is 0. The van der Waals surface area contributed by atoms with Crippen molar-refractivity contribution in [3.8, 4) is 56.4 Å². The molecule has 0 atom stereocenters. The number of aromatic nitrogens is 4. The van der Waals surface area contributed by atoms with Crippen LogP contribution in [0.5, 0.6) is 0 Å². The third kappa shape index (κ3) is 8.92. The summed E-state index contributed by atoms with van der Waals surface area (Å²) < 4.78 is 6.55. The van der Waals surface area contributed by atoms with Crippen LogP contribution in [0, 0.1) is 7.14 Å². The Labute approximate surface area is 358 Å². The number of rotatable bonds is 6. The lowest BCUT2D eigenvalue weighted by molar-refractivity contribution is 0.589. The van der Waals surface area contributed by atoms with E-state index in [4.69, 9.17) is 10.2 Å². The molecule has 8 rings (SSSR count). The van der Waals surface area contributed by atoms with Crippen LogP contribution in [-0.2, 0) is 10.8 Å². The van der Waals surface area contributed by atoms with E-state index < -0.39 is 0 Å². The monoisotopic (exact) mass is 956 g/mol. The molecular weight excluding hydrogens is 910 g/mol. The van der Waals surface area contributed by atoms with E-state index in [1.807, 2.05) is 24.3 Å². The smallest absolute Gasteiger partial charge is 0.0934 e. The minimum atomic E-state index is 0.0847. The zero-order valence-electron chi connectivity index (χ0n) is 32.7. The molecule has 0 radical (unpaired) electrons. The van der Waals surface area contributed by atoms with Gasteiger partial charge in [0.25, 0.3) is 0 Å². The zero-order valence-corrected chi connectivity index (χ0v) is 37.0. The van der Waals surface area contributed by atoms with Gasteiger partial charge in [-0.1, -0.05) is 175 Å². The normalized spacial score (nSPS) is 11.6. The third-order valence-corrected chi connectivity index (χ3v) is 11.6. The van der Waals surface area contributed by atoms with Gasteiger partial charge >= 0.3 is 0 Å². The molecule has 0 fully saturated rings.